The Kier molecular flexibility index (Phi) is 10.9. The van der Waals surface area contributed by atoms with Gasteiger partial charge in [0.15, 0.2) is 5.78 Å². The van der Waals surface area contributed by atoms with Crippen LogP contribution in [0.5, 0.6) is 0 Å². The van der Waals surface area contributed by atoms with Crippen molar-refractivity contribution < 1.29 is 28.5 Å². The number of rotatable bonds is 8. The second-order valence-corrected chi connectivity index (χ2v) is 9.91. The fourth-order valence-electron chi connectivity index (χ4n) is 3.67. The van der Waals surface area contributed by atoms with E-state index in [0.29, 0.717) is 18.0 Å². The molecule has 0 radical (unpaired) electrons. The van der Waals surface area contributed by atoms with Crippen molar-refractivity contribution in [3.63, 3.8) is 0 Å². The Balaban J connectivity index is 2.08. The molecule has 34 heavy (non-hydrogen) atoms. The van der Waals surface area contributed by atoms with Crippen LogP contribution in [-0.2, 0) is 23.7 Å². The highest BCUT2D eigenvalue weighted by Gasteiger charge is 2.40. The van der Waals surface area contributed by atoms with Crippen LogP contribution in [0.4, 0.5) is 0 Å². The van der Waals surface area contributed by atoms with Crippen LogP contribution in [0.1, 0.15) is 56.8 Å². The second-order valence-electron chi connectivity index (χ2n) is 9.07. The molecule has 1 saturated heterocycles. The molecule has 1 fully saturated rings. The number of ketones is 1. The van der Waals surface area contributed by atoms with E-state index in [1.54, 1.807) is 6.07 Å². The molecule has 186 valence electrons. The second kappa shape index (κ2) is 13.1. The molecule has 1 aliphatic rings. The molecule has 11 heteroatoms. The number of benzene rings is 1. The third kappa shape index (κ3) is 8.93. The number of nitrogens with zero attached hydrogens (tertiary/aromatic N) is 1. The molecule has 1 aliphatic heterocycles. The summed E-state index contributed by atoms with van der Waals surface area (Å²) >= 11 is 12.0. The number of carbonyl (C=O) groups excluding carboxylic acids is 4. The monoisotopic (exact) mass is 512 g/mol. The minimum Gasteiger partial charge on any atom is -0.499 e. The van der Waals surface area contributed by atoms with Crippen LogP contribution in [-0.4, -0.2) is 61.8 Å². The molecule has 0 aromatic heterocycles. The van der Waals surface area contributed by atoms with Crippen LogP contribution in [0.15, 0.2) is 18.2 Å². The summed E-state index contributed by atoms with van der Waals surface area (Å²) in [6.45, 7) is 5.99. The highest BCUT2D eigenvalue weighted by atomic mass is 35.5. The summed E-state index contributed by atoms with van der Waals surface area (Å²) < 4.78 is 11.0. The van der Waals surface area contributed by atoms with Gasteiger partial charge in [-0.2, -0.15) is 0 Å². The van der Waals surface area contributed by atoms with Gasteiger partial charge < -0.3 is 19.5 Å². The Labute approximate surface area is 210 Å². The highest BCUT2D eigenvalue weighted by molar-refractivity contribution is 6.51. The van der Waals surface area contributed by atoms with Gasteiger partial charge in [-0.1, -0.05) is 37.0 Å². The molecule has 1 aromatic carbocycles. The van der Waals surface area contributed by atoms with E-state index in [1.807, 2.05) is 32.7 Å². The lowest BCUT2D eigenvalue weighted by atomic mass is 9.65. The minimum atomic E-state index is -1.17. The van der Waals surface area contributed by atoms with Crippen LogP contribution in [0.3, 0.4) is 0 Å². The summed E-state index contributed by atoms with van der Waals surface area (Å²) in [7, 11) is 0.662. The average Bonchev–Trinajstić information content (AvgIpc) is 2.75. The summed E-state index contributed by atoms with van der Waals surface area (Å²) in [6.07, 6.45) is 0.736. The van der Waals surface area contributed by atoms with Crippen molar-refractivity contribution in [3.05, 3.63) is 33.8 Å². The molecule has 0 bridgehead atoms. The van der Waals surface area contributed by atoms with Gasteiger partial charge in [-0.15, -0.1) is 0 Å². The smallest absolute Gasteiger partial charge is 0.499 e. The van der Waals surface area contributed by atoms with Gasteiger partial charge in [0, 0.05) is 29.8 Å². The molecule has 2 rings (SSSR count). The van der Waals surface area contributed by atoms with Crippen molar-refractivity contribution in [1.29, 1.82) is 0 Å². The molecule has 0 aliphatic carbocycles. The van der Waals surface area contributed by atoms with Crippen molar-refractivity contribution in [2.75, 3.05) is 20.1 Å². The Hall–Kier alpha value is -2.10. The van der Waals surface area contributed by atoms with Gasteiger partial charge in [0.25, 0.3) is 17.8 Å². The SMILES string of the molecule is CC(C)C[C@H](CC(=O)CNC(=O)c1cc(Cl)ccc1Cl)B1OC(=O)CCN(C)[C@H](C)CC(=O)O1. The third-order valence-electron chi connectivity index (χ3n) is 5.65. The Morgan fingerprint density at radius 1 is 1.21 bits per heavy atom. The van der Waals surface area contributed by atoms with E-state index < -0.39 is 30.8 Å². The molecule has 1 aromatic rings. The van der Waals surface area contributed by atoms with Crippen molar-refractivity contribution in [2.45, 2.75) is 58.3 Å². The van der Waals surface area contributed by atoms with Gasteiger partial charge in [-0.25, -0.2) is 0 Å². The van der Waals surface area contributed by atoms with E-state index in [-0.39, 0.29) is 54.1 Å². The number of Topliss-reactive ketones (excluding diaryl/α,β-unsaturated/α-hetero) is 1. The average molecular weight is 513 g/mol. The normalized spacial score (nSPS) is 18.8. The molecular formula is C23H31BCl2N2O6. The number of halogens is 2. The van der Waals surface area contributed by atoms with Crippen LogP contribution < -0.4 is 5.32 Å². The van der Waals surface area contributed by atoms with Crippen LogP contribution in [0, 0.1) is 5.92 Å². The maximum atomic E-state index is 12.7. The first-order valence-corrected chi connectivity index (χ1v) is 12.1. The lowest BCUT2D eigenvalue weighted by Crippen LogP contribution is -2.41. The van der Waals surface area contributed by atoms with E-state index in [0.717, 1.165) is 0 Å². The largest absolute Gasteiger partial charge is 0.602 e. The Morgan fingerprint density at radius 2 is 1.88 bits per heavy atom. The van der Waals surface area contributed by atoms with Crippen molar-refractivity contribution in [3.8, 4) is 0 Å². The van der Waals surface area contributed by atoms with Crippen molar-refractivity contribution in [1.82, 2.24) is 10.2 Å². The minimum absolute atomic E-state index is 0.0393. The zero-order chi connectivity index (χ0) is 25.4. The van der Waals surface area contributed by atoms with Crippen LogP contribution in [0.25, 0.3) is 0 Å². The molecule has 2 atom stereocenters. The lowest BCUT2D eigenvalue weighted by Gasteiger charge is -2.28. The standard InChI is InChI=1S/C23H31BCl2N2O6/c1-14(2)9-16(24-33-21(30)7-8-28(4)15(3)10-22(31)34-24)11-18(29)13-27-23(32)19-12-17(25)5-6-20(19)26/h5-6,12,14-16H,7-11,13H2,1-4H3,(H,27,32)/t15-,16-/m1/s1. The Morgan fingerprint density at radius 3 is 2.56 bits per heavy atom. The van der Waals surface area contributed by atoms with E-state index in [9.17, 15) is 19.2 Å². The number of amides is 1. The van der Waals surface area contributed by atoms with Crippen LogP contribution >= 0.6 is 23.2 Å². The predicted molar refractivity (Wildman–Crippen MR) is 131 cm³/mol. The zero-order valence-corrected chi connectivity index (χ0v) is 21.4. The quantitative estimate of drug-likeness (QED) is 0.528. The van der Waals surface area contributed by atoms with Gasteiger partial charge in [-0.05, 0) is 44.5 Å². The molecule has 8 nitrogen and oxygen atoms in total. The van der Waals surface area contributed by atoms with Gasteiger partial charge >= 0.3 is 7.12 Å². The predicted octanol–water partition coefficient (Wildman–Crippen LogP) is 3.79. The summed E-state index contributed by atoms with van der Waals surface area (Å²) in [5.41, 5.74) is 0.162. The lowest BCUT2D eigenvalue weighted by molar-refractivity contribution is -0.143. The Bertz CT molecular complexity index is 913. The number of carbonyl (C=O) groups is 4. The highest BCUT2D eigenvalue weighted by Crippen LogP contribution is 2.28. The van der Waals surface area contributed by atoms with Crippen molar-refractivity contribution in [2.24, 2.45) is 5.92 Å². The zero-order valence-electron chi connectivity index (χ0n) is 19.9. The van der Waals surface area contributed by atoms with Crippen LogP contribution in [0.2, 0.25) is 15.9 Å². The first-order chi connectivity index (χ1) is 16.0. The third-order valence-corrected chi connectivity index (χ3v) is 6.21. The summed E-state index contributed by atoms with van der Waals surface area (Å²) in [5, 5.41) is 3.11. The van der Waals surface area contributed by atoms with E-state index >= 15 is 0 Å². The topological polar surface area (TPSA) is 102 Å². The molecule has 0 unspecified atom stereocenters. The maximum absolute atomic E-state index is 12.7. The number of hydrogen-bond acceptors (Lipinski definition) is 7. The number of nitrogens with one attached hydrogen (secondary N) is 1. The maximum Gasteiger partial charge on any atom is 0.602 e. The van der Waals surface area contributed by atoms with E-state index in [2.05, 4.69) is 5.32 Å². The molecule has 1 heterocycles. The van der Waals surface area contributed by atoms with E-state index in [1.165, 1.54) is 12.1 Å². The fraction of sp³-hybridized carbons (Fsp3) is 0.565. The first-order valence-electron chi connectivity index (χ1n) is 11.3. The molecular weight excluding hydrogens is 482 g/mol. The molecule has 0 saturated carbocycles. The fourth-order valence-corrected chi connectivity index (χ4v) is 4.05. The van der Waals surface area contributed by atoms with Gasteiger partial charge in [0.2, 0.25) is 0 Å². The van der Waals surface area contributed by atoms with Gasteiger partial charge in [0.05, 0.1) is 30.0 Å². The molecule has 1 amide bonds. The molecule has 1 N–H and O–H groups in total. The summed E-state index contributed by atoms with van der Waals surface area (Å²) in [4.78, 5) is 51.9. The number of hydrogen-bond donors (Lipinski definition) is 1. The van der Waals surface area contributed by atoms with Gasteiger partial charge in [0.1, 0.15) is 0 Å². The van der Waals surface area contributed by atoms with Crippen molar-refractivity contribution >= 4 is 53.9 Å². The summed E-state index contributed by atoms with van der Waals surface area (Å²) in [5.74, 6) is -2.21. The molecule has 0 spiro atoms. The van der Waals surface area contributed by atoms with Gasteiger partial charge in [-0.3, -0.25) is 19.2 Å². The van der Waals surface area contributed by atoms with E-state index in [4.69, 9.17) is 32.5 Å². The first kappa shape index (κ1) is 28.1. The summed E-state index contributed by atoms with van der Waals surface area (Å²) in [6, 6.07) is 4.38.